The van der Waals surface area contributed by atoms with Crippen LogP contribution in [0.5, 0.6) is 0 Å². The van der Waals surface area contributed by atoms with E-state index in [4.69, 9.17) is 0 Å². The highest BCUT2D eigenvalue weighted by Crippen LogP contribution is 2.18. The Balaban J connectivity index is 1.82. The lowest BCUT2D eigenvalue weighted by Gasteiger charge is -2.15. The number of amides is 1. The molecular formula is C14H20N2O. The van der Waals surface area contributed by atoms with E-state index in [1.807, 2.05) is 19.1 Å². The summed E-state index contributed by atoms with van der Waals surface area (Å²) in [6.45, 7) is 4.51. The predicted molar refractivity (Wildman–Crippen MR) is 68.8 cm³/mol. The molecule has 1 atom stereocenters. The highest BCUT2D eigenvalue weighted by molar-refractivity contribution is 5.78. The Morgan fingerprint density at radius 3 is 2.88 bits per heavy atom. The molecule has 1 amide bonds. The molecule has 0 saturated heterocycles. The molecule has 0 bridgehead atoms. The minimum Gasteiger partial charge on any atom is -0.348 e. The molecule has 3 heteroatoms. The zero-order valence-corrected chi connectivity index (χ0v) is 10.5. The molecule has 2 rings (SSSR count). The highest BCUT2D eigenvalue weighted by atomic mass is 16.1. The fourth-order valence-corrected chi connectivity index (χ4v) is 1.84. The van der Waals surface area contributed by atoms with Gasteiger partial charge >= 0.3 is 0 Å². The molecule has 1 fully saturated rings. The van der Waals surface area contributed by atoms with Gasteiger partial charge in [-0.3, -0.25) is 4.79 Å². The number of hydrogen-bond acceptors (Lipinski definition) is 2. The first kappa shape index (κ1) is 12.1. The van der Waals surface area contributed by atoms with Gasteiger partial charge < -0.3 is 10.6 Å². The maximum atomic E-state index is 11.7. The summed E-state index contributed by atoms with van der Waals surface area (Å²) in [5.41, 5.74) is 2.38. The van der Waals surface area contributed by atoms with E-state index in [1.165, 1.54) is 18.4 Å². The molecule has 3 nitrogen and oxygen atoms in total. The van der Waals surface area contributed by atoms with Gasteiger partial charge in [0.05, 0.1) is 12.6 Å². The number of carbonyl (C=O) groups excluding carboxylic acids is 1. The minimum atomic E-state index is 0.0726. The molecule has 1 saturated carbocycles. The lowest BCUT2D eigenvalue weighted by Crippen LogP contribution is -2.36. The van der Waals surface area contributed by atoms with Crippen molar-refractivity contribution >= 4 is 5.91 Å². The van der Waals surface area contributed by atoms with Crippen LogP contribution < -0.4 is 10.6 Å². The highest BCUT2D eigenvalue weighted by Gasteiger charge is 2.21. The Morgan fingerprint density at radius 1 is 1.47 bits per heavy atom. The van der Waals surface area contributed by atoms with Crippen molar-refractivity contribution in [1.82, 2.24) is 10.6 Å². The Hall–Kier alpha value is -1.35. The maximum Gasteiger partial charge on any atom is 0.234 e. The standard InChI is InChI=1S/C14H20N2O/c1-10-4-3-5-12(8-10)11(2)16-14(17)9-15-13-6-7-13/h3-5,8,11,13,15H,6-7,9H2,1-2H3,(H,16,17)/t11-/m0/s1. The van der Waals surface area contributed by atoms with Gasteiger partial charge in [0.25, 0.3) is 0 Å². The van der Waals surface area contributed by atoms with Crippen LogP contribution in [0.4, 0.5) is 0 Å². The molecule has 92 valence electrons. The summed E-state index contributed by atoms with van der Waals surface area (Å²) < 4.78 is 0. The van der Waals surface area contributed by atoms with Crippen LogP contribution in [0.25, 0.3) is 0 Å². The van der Waals surface area contributed by atoms with Gasteiger partial charge in [0, 0.05) is 6.04 Å². The Kier molecular flexibility index (Phi) is 3.79. The van der Waals surface area contributed by atoms with E-state index < -0.39 is 0 Å². The fourth-order valence-electron chi connectivity index (χ4n) is 1.84. The summed E-state index contributed by atoms with van der Waals surface area (Å²) in [7, 11) is 0. The number of benzene rings is 1. The van der Waals surface area contributed by atoms with Gasteiger partial charge in [-0.1, -0.05) is 29.8 Å². The average Bonchev–Trinajstić information content (AvgIpc) is 3.10. The van der Waals surface area contributed by atoms with E-state index in [0.717, 1.165) is 5.56 Å². The summed E-state index contributed by atoms with van der Waals surface area (Å²) in [5, 5.41) is 6.22. The van der Waals surface area contributed by atoms with Crippen LogP contribution in [0, 0.1) is 6.92 Å². The van der Waals surface area contributed by atoms with Gasteiger partial charge in [0.15, 0.2) is 0 Å². The Bertz CT molecular complexity index is 399. The molecule has 1 aromatic rings. The molecule has 1 aliphatic carbocycles. The van der Waals surface area contributed by atoms with Crippen molar-refractivity contribution in [3.05, 3.63) is 35.4 Å². The monoisotopic (exact) mass is 232 g/mol. The molecule has 0 spiro atoms. The smallest absolute Gasteiger partial charge is 0.234 e. The lowest BCUT2D eigenvalue weighted by atomic mass is 10.1. The van der Waals surface area contributed by atoms with Crippen molar-refractivity contribution < 1.29 is 4.79 Å². The number of rotatable bonds is 5. The summed E-state index contributed by atoms with van der Waals surface area (Å²) >= 11 is 0. The van der Waals surface area contributed by atoms with Crippen molar-refractivity contribution in [1.29, 1.82) is 0 Å². The summed E-state index contributed by atoms with van der Waals surface area (Å²) in [6.07, 6.45) is 2.42. The van der Waals surface area contributed by atoms with Crippen LogP contribution in [0.2, 0.25) is 0 Å². The number of carbonyl (C=O) groups is 1. The molecular weight excluding hydrogens is 212 g/mol. The zero-order chi connectivity index (χ0) is 12.3. The van der Waals surface area contributed by atoms with Crippen molar-refractivity contribution in [2.75, 3.05) is 6.54 Å². The van der Waals surface area contributed by atoms with Crippen molar-refractivity contribution in [3.63, 3.8) is 0 Å². The second kappa shape index (κ2) is 5.32. The SMILES string of the molecule is Cc1cccc([C@H](C)NC(=O)CNC2CC2)c1. The van der Waals surface area contributed by atoms with Gasteiger partial charge in [0.1, 0.15) is 0 Å². The summed E-state index contributed by atoms with van der Waals surface area (Å²) in [4.78, 5) is 11.7. The van der Waals surface area contributed by atoms with Crippen LogP contribution in [0.3, 0.4) is 0 Å². The van der Waals surface area contributed by atoms with E-state index >= 15 is 0 Å². The van der Waals surface area contributed by atoms with Gasteiger partial charge in [0.2, 0.25) is 5.91 Å². The fraction of sp³-hybridized carbons (Fsp3) is 0.500. The first-order valence-electron chi connectivity index (χ1n) is 6.24. The molecule has 1 aliphatic rings. The van der Waals surface area contributed by atoms with Gasteiger partial charge in [-0.05, 0) is 32.3 Å². The molecule has 0 radical (unpaired) electrons. The molecule has 17 heavy (non-hydrogen) atoms. The van der Waals surface area contributed by atoms with Crippen LogP contribution >= 0.6 is 0 Å². The zero-order valence-electron chi connectivity index (χ0n) is 10.5. The van der Waals surface area contributed by atoms with Crippen LogP contribution in [0.15, 0.2) is 24.3 Å². The Morgan fingerprint density at radius 2 is 2.24 bits per heavy atom. The molecule has 0 aromatic heterocycles. The largest absolute Gasteiger partial charge is 0.348 e. The van der Waals surface area contributed by atoms with E-state index in [1.54, 1.807) is 0 Å². The Labute approximate surface area is 103 Å². The van der Waals surface area contributed by atoms with E-state index in [2.05, 4.69) is 29.7 Å². The molecule has 0 heterocycles. The third-order valence-electron chi connectivity index (χ3n) is 3.05. The van der Waals surface area contributed by atoms with Crippen LogP contribution in [-0.4, -0.2) is 18.5 Å². The summed E-state index contributed by atoms with van der Waals surface area (Å²) in [5.74, 6) is 0.0749. The second-order valence-electron chi connectivity index (χ2n) is 4.86. The second-order valence-corrected chi connectivity index (χ2v) is 4.86. The van der Waals surface area contributed by atoms with Gasteiger partial charge in [-0.2, -0.15) is 0 Å². The lowest BCUT2D eigenvalue weighted by molar-refractivity contribution is -0.120. The topological polar surface area (TPSA) is 41.1 Å². The average molecular weight is 232 g/mol. The molecule has 1 aromatic carbocycles. The van der Waals surface area contributed by atoms with Crippen LogP contribution in [0.1, 0.15) is 36.9 Å². The van der Waals surface area contributed by atoms with Crippen molar-refractivity contribution in [2.24, 2.45) is 0 Å². The van der Waals surface area contributed by atoms with Crippen molar-refractivity contribution in [3.8, 4) is 0 Å². The van der Waals surface area contributed by atoms with E-state index in [-0.39, 0.29) is 11.9 Å². The van der Waals surface area contributed by atoms with Gasteiger partial charge in [-0.25, -0.2) is 0 Å². The predicted octanol–water partition coefficient (Wildman–Crippen LogP) is 1.92. The molecule has 2 N–H and O–H groups in total. The molecule has 0 aliphatic heterocycles. The van der Waals surface area contributed by atoms with Crippen molar-refractivity contribution in [2.45, 2.75) is 38.8 Å². The third-order valence-corrected chi connectivity index (χ3v) is 3.05. The van der Waals surface area contributed by atoms with E-state index in [0.29, 0.717) is 12.6 Å². The van der Waals surface area contributed by atoms with E-state index in [9.17, 15) is 4.79 Å². The van der Waals surface area contributed by atoms with Gasteiger partial charge in [-0.15, -0.1) is 0 Å². The minimum absolute atomic E-state index is 0.0726. The number of nitrogens with one attached hydrogen (secondary N) is 2. The number of hydrogen-bond donors (Lipinski definition) is 2. The quantitative estimate of drug-likeness (QED) is 0.814. The third kappa shape index (κ3) is 3.86. The first-order valence-corrected chi connectivity index (χ1v) is 6.24. The molecule has 0 unspecified atom stereocenters. The van der Waals surface area contributed by atoms with Crippen LogP contribution in [-0.2, 0) is 4.79 Å². The summed E-state index contributed by atoms with van der Waals surface area (Å²) in [6, 6.07) is 8.90. The number of aryl methyl sites for hydroxylation is 1. The maximum absolute atomic E-state index is 11.7. The first-order chi connectivity index (χ1) is 8.15. The normalized spacial score (nSPS) is 16.6.